The van der Waals surface area contributed by atoms with Gasteiger partial charge in [-0.1, -0.05) is 0 Å². The van der Waals surface area contributed by atoms with E-state index >= 15 is 0 Å². The van der Waals surface area contributed by atoms with Gasteiger partial charge in [0.2, 0.25) is 0 Å². The van der Waals surface area contributed by atoms with E-state index in [-0.39, 0.29) is 11.6 Å². The molecule has 0 saturated carbocycles. The molecular formula is C13H13F6NO. The fourth-order valence-corrected chi connectivity index (χ4v) is 2.36. The number of halogens is 6. The Kier molecular flexibility index (Phi) is 4.21. The second-order valence-corrected chi connectivity index (χ2v) is 4.99. The zero-order chi connectivity index (χ0) is 15.8. The Labute approximate surface area is 116 Å². The first kappa shape index (κ1) is 16.1. The van der Waals surface area contributed by atoms with E-state index < -0.39 is 35.6 Å². The van der Waals surface area contributed by atoms with Crippen molar-refractivity contribution in [2.45, 2.75) is 37.3 Å². The SMILES string of the molecule is OC(c1cc(C(F)(F)F)cc(C(F)(F)F)c1)C1CCCN1. The number of hydrogen-bond acceptors (Lipinski definition) is 2. The normalized spacial score (nSPS) is 21.6. The van der Waals surface area contributed by atoms with Gasteiger partial charge in [-0.25, -0.2) is 0 Å². The third-order valence-corrected chi connectivity index (χ3v) is 3.43. The van der Waals surface area contributed by atoms with Crippen molar-refractivity contribution in [2.75, 3.05) is 6.54 Å². The maximum absolute atomic E-state index is 12.7. The minimum absolute atomic E-state index is 0.0539. The van der Waals surface area contributed by atoms with E-state index in [1.54, 1.807) is 0 Å². The summed E-state index contributed by atoms with van der Waals surface area (Å²) in [5.74, 6) is 0. The number of aliphatic hydroxyl groups excluding tert-OH is 1. The Balaban J connectivity index is 2.44. The quantitative estimate of drug-likeness (QED) is 0.819. The van der Waals surface area contributed by atoms with Gasteiger partial charge in [-0.3, -0.25) is 0 Å². The van der Waals surface area contributed by atoms with E-state index in [9.17, 15) is 31.4 Å². The zero-order valence-corrected chi connectivity index (χ0v) is 10.7. The van der Waals surface area contributed by atoms with Crippen molar-refractivity contribution >= 4 is 0 Å². The summed E-state index contributed by atoms with van der Waals surface area (Å²) in [5.41, 5.74) is -3.20. The molecule has 118 valence electrons. The lowest BCUT2D eigenvalue weighted by Crippen LogP contribution is -2.29. The van der Waals surface area contributed by atoms with Crippen molar-refractivity contribution in [1.82, 2.24) is 5.32 Å². The third kappa shape index (κ3) is 3.68. The first-order chi connectivity index (χ1) is 9.59. The van der Waals surface area contributed by atoms with Crippen molar-refractivity contribution in [3.05, 3.63) is 34.9 Å². The molecule has 1 fully saturated rings. The van der Waals surface area contributed by atoms with Crippen LogP contribution in [0.3, 0.4) is 0 Å². The predicted molar refractivity (Wildman–Crippen MR) is 62.4 cm³/mol. The van der Waals surface area contributed by atoms with Gasteiger partial charge in [0, 0.05) is 6.04 Å². The average Bonchev–Trinajstić information content (AvgIpc) is 2.89. The molecular weight excluding hydrogens is 300 g/mol. The molecule has 2 N–H and O–H groups in total. The Morgan fingerprint density at radius 3 is 1.90 bits per heavy atom. The molecule has 0 amide bonds. The number of rotatable bonds is 2. The van der Waals surface area contributed by atoms with Crippen molar-refractivity contribution in [1.29, 1.82) is 0 Å². The van der Waals surface area contributed by atoms with Crippen LogP contribution in [0.5, 0.6) is 0 Å². The maximum atomic E-state index is 12.7. The summed E-state index contributed by atoms with van der Waals surface area (Å²) in [6.07, 6.45) is -10.0. The van der Waals surface area contributed by atoms with Gasteiger partial charge in [-0.05, 0) is 43.1 Å². The molecule has 1 saturated heterocycles. The number of hydrogen-bond donors (Lipinski definition) is 2. The summed E-state index contributed by atoms with van der Waals surface area (Å²) in [7, 11) is 0. The van der Waals surface area contributed by atoms with Crippen molar-refractivity contribution in [3.8, 4) is 0 Å². The van der Waals surface area contributed by atoms with Gasteiger partial charge < -0.3 is 10.4 Å². The molecule has 8 heteroatoms. The zero-order valence-electron chi connectivity index (χ0n) is 10.7. The third-order valence-electron chi connectivity index (χ3n) is 3.43. The Bertz CT molecular complexity index is 472. The number of nitrogens with one attached hydrogen (secondary N) is 1. The van der Waals surface area contributed by atoms with E-state index in [0.717, 1.165) is 0 Å². The number of benzene rings is 1. The average molecular weight is 313 g/mol. The van der Waals surface area contributed by atoms with Gasteiger partial charge in [0.1, 0.15) is 0 Å². The minimum atomic E-state index is -4.90. The summed E-state index contributed by atoms with van der Waals surface area (Å²) in [4.78, 5) is 0. The lowest BCUT2D eigenvalue weighted by Gasteiger charge is -2.21. The number of alkyl halides is 6. The largest absolute Gasteiger partial charge is 0.416 e. The van der Waals surface area contributed by atoms with Crippen LogP contribution in [0.25, 0.3) is 0 Å². The standard InChI is InChI=1S/C13H13F6NO/c14-12(15,16)8-4-7(5-9(6-8)13(17,18)19)11(21)10-2-1-3-20-10/h4-6,10-11,20-21H,1-3H2. The van der Waals surface area contributed by atoms with Crippen LogP contribution >= 0.6 is 0 Å². The molecule has 0 spiro atoms. The highest BCUT2D eigenvalue weighted by atomic mass is 19.4. The van der Waals surface area contributed by atoms with Crippen LogP contribution in [0.1, 0.15) is 35.6 Å². The summed E-state index contributed by atoms with van der Waals surface area (Å²) >= 11 is 0. The summed E-state index contributed by atoms with van der Waals surface area (Å²) in [5, 5.41) is 12.9. The minimum Gasteiger partial charge on any atom is -0.387 e. The van der Waals surface area contributed by atoms with Crippen molar-refractivity contribution < 1.29 is 31.4 Å². The highest BCUT2D eigenvalue weighted by molar-refractivity contribution is 5.35. The van der Waals surface area contributed by atoms with Crippen molar-refractivity contribution in [3.63, 3.8) is 0 Å². The Hall–Kier alpha value is -1.28. The first-order valence-corrected chi connectivity index (χ1v) is 6.30. The molecule has 2 unspecified atom stereocenters. The van der Waals surface area contributed by atoms with Crippen LogP contribution in [-0.4, -0.2) is 17.7 Å². The molecule has 21 heavy (non-hydrogen) atoms. The van der Waals surface area contributed by atoms with Crippen LogP contribution < -0.4 is 5.32 Å². The summed E-state index contributed by atoms with van der Waals surface area (Å²) < 4.78 is 76.3. The van der Waals surface area contributed by atoms with Gasteiger partial charge in [0.25, 0.3) is 0 Å². The molecule has 1 aliphatic rings. The van der Waals surface area contributed by atoms with Crippen LogP contribution in [0.15, 0.2) is 18.2 Å². The van der Waals surface area contributed by atoms with E-state index in [1.807, 2.05) is 0 Å². The lowest BCUT2D eigenvalue weighted by atomic mass is 9.96. The summed E-state index contributed by atoms with van der Waals surface area (Å²) in [6, 6.07) is 0.660. The topological polar surface area (TPSA) is 32.3 Å². The van der Waals surface area contributed by atoms with Gasteiger partial charge in [-0.2, -0.15) is 26.3 Å². The Morgan fingerprint density at radius 1 is 1.00 bits per heavy atom. The monoisotopic (exact) mass is 313 g/mol. The van der Waals surface area contributed by atoms with E-state index in [2.05, 4.69) is 5.32 Å². The fourth-order valence-electron chi connectivity index (χ4n) is 2.36. The molecule has 1 aliphatic heterocycles. The molecule has 2 rings (SSSR count). The first-order valence-electron chi connectivity index (χ1n) is 6.30. The second kappa shape index (κ2) is 5.49. The van der Waals surface area contributed by atoms with Crippen LogP contribution in [0, 0.1) is 0 Å². The molecule has 2 nitrogen and oxygen atoms in total. The van der Waals surface area contributed by atoms with E-state index in [1.165, 1.54) is 0 Å². The molecule has 0 aliphatic carbocycles. The van der Waals surface area contributed by atoms with Crippen LogP contribution in [0.4, 0.5) is 26.3 Å². The second-order valence-electron chi connectivity index (χ2n) is 4.99. The van der Waals surface area contributed by atoms with Crippen LogP contribution in [0.2, 0.25) is 0 Å². The smallest absolute Gasteiger partial charge is 0.387 e. The van der Waals surface area contributed by atoms with Crippen molar-refractivity contribution in [2.24, 2.45) is 0 Å². The van der Waals surface area contributed by atoms with E-state index in [0.29, 0.717) is 31.5 Å². The molecule has 0 radical (unpaired) electrons. The predicted octanol–water partition coefficient (Wildman–Crippen LogP) is 3.51. The van der Waals surface area contributed by atoms with E-state index in [4.69, 9.17) is 0 Å². The Morgan fingerprint density at radius 2 is 1.52 bits per heavy atom. The molecule has 0 bridgehead atoms. The molecule has 2 atom stereocenters. The number of aliphatic hydroxyl groups is 1. The van der Waals surface area contributed by atoms with Gasteiger partial charge in [0.15, 0.2) is 0 Å². The highest BCUT2D eigenvalue weighted by Crippen LogP contribution is 2.38. The molecule has 1 heterocycles. The fraction of sp³-hybridized carbons (Fsp3) is 0.538. The molecule has 1 aromatic carbocycles. The molecule has 0 aromatic heterocycles. The maximum Gasteiger partial charge on any atom is 0.416 e. The van der Waals surface area contributed by atoms with Gasteiger partial charge >= 0.3 is 12.4 Å². The van der Waals surface area contributed by atoms with Gasteiger partial charge in [0.05, 0.1) is 17.2 Å². The van der Waals surface area contributed by atoms with Gasteiger partial charge in [-0.15, -0.1) is 0 Å². The summed E-state index contributed by atoms with van der Waals surface area (Å²) in [6.45, 7) is 0.576. The lowest BCUT2D eigenvalue weighted by molar-refractivity contribution is -0.143. The van der Waals surface area contributed by atoms with Crippen LogP contribution in [-0.2, 0) is 12.4 Å². The highest BCUT2D eigenvalue weighted by Gasteiger charge is 2.38. The molecule has 1 aromatic rings.